The van der Waals surface area contributed by atoms with Crippen molar-refractivity contribution >= 4 is 34.4 Å². The molecule has 2 aromatic rings. The Morgan fingerprint density at radius 1 is 1.25 bits per heavy atom. The molecule has 0 spiro atoms. The van der Waals surface area contributed by atoms with Crippen molar-refractivity contribution in [3.8, 4) is 6.07 Å². The number of likely N-dealkylation sites (tertiary alicyclic amines) is 1. The Kier molecular flexibility index (Phi) is 6.49. The van der Waals surface area contributed by atoms with Crippen LogP contribution in [0.3, 0.4) is 0 Å². The number of Topliss-reactive ketones (excluding diaryl/α,β-unsaturated/α-hetero) is 1. The van der Waals surface area contributed by atoms with Crippen molar-refractivity contribution in [2.24, 2.45) is 17.8 Å². The number of aromatic nitrogens is 1. The van der Waals surface area contributed by atoms with Gasteiger partial charge in [0.05, 0.1) is 17.7 Å². The predicted molar refractivity (Wildman–Crippen MR) is 128 cm³/mol. The van der Waals surface area contributed by atoms with E-state index in [1.165, 1.54) is 0 Å². The summed E-state index contributed by atoms with van der Waals surface area (Å²) < 4.78 is 0. The molecule has 188 valence electrons. The van der Waals surface area contributed by atoms with Crippen molar-refractivity contribution in [3.05, 3.63) is 35.5 Å². The maximum atomic E-state index is 13.6. The van der Waals surface area contributed by atoms with E-state index in [1.807, 2.05) is 0 Å². The lowest BCUT2D eigenvalue weighted by Crippen LogP contribution is -2.53. The number of nitriles is 1. The van der Waals surface area contributed by atoms with Gasteiger partial charge in [0.1, 0.15) is 18.3 Å². The zero-order chi connectivity index (χ0) is 25.4. The lowest BCUT2D eigenvalue weighted by atomic mass is 9.92. The molecule has 1 saturated carbocycles. The smallest absolute Gasteiger partial charge is 0.271 e. The van der Waals surface area contributed by atoms with Gasteiger partial charge in [-0.3, -0.25) is 19.2 Å². The summed E-state index contributed by atoms with van der Waals surface area (Å²) in [5, 5.41) is 25.0. The largest absolute Gasteiger partial charge is 0.389 e. The first-order valence-corrected chi connectivity index (χ1v) is 12.5. The van der Waals surface area contributed by atoms with Crippen molar-refractivity contribution < 1.29 is 24.3 Å². The van der Waals surface area contributed by atoms with Crippen LogP contribution in [0, 0.1) is 29.1 Å². The zero-order valence-electron chi connectivity index (χ0n) is 19.8. The molecule has 3 aliphatic rings. The van der Waals surface area contributed by atoms with Crippen LogP contribution in [0.5, 0.6) is 0 Å². The second-order valence-electron chi connectivity index (χ2n) is 10.0. The van der Waals surface area contributed by atoms with Crippen LogP contribution in [0.2, 0.25) is 0 Å². The summed E-state index contributed by atoms with van der Waals surface area (Å²) in [7, 11) is 0. The van der Waals surface area contributed by atoms with Crippen LogP contribution in [0.1, 0.15) is 48.2 Å². The van der Waals surface area contributed by atoms with Crippen LogP contribution in [0.15, 0.2) is 24.3 Å². The third-order valence-electron chi connectivity index (χ3n) is 7.98. The average molecular weight is 492 g/mol. The first-order chi connectivity index (χ1) is 17.4. The average Bonchev–Trinajstić information content (AvgIpc) is 3.66. The summed E-state index contributed by atoms with van der Waals surface area (Å²) in [6.45, 7) is 0.213. The van der Waals surface area contributed by atoms with E-state index in [4.69, 9.17) is 0 Å². The molecule has 10 heteroatoms. The molecule has 2 aliphatic heterocycles. The van der Waals surface area contributed by atoms with E-state index in [0.29, 0.717) is 41.7 Å². The minimum Gasteiger partial charge on any atom is -0.389 e. The first kappa shape index (κ1) is 24.0. The summed E-state index contributed by atoms with van der Waals surface area (Å²) >= 11 is 0. The van der Waals surface area contributed by atoms with E-state index in [0.717, 1.165) is 19.3 Å². The highest BCUT2D eigenvalue weighted by Crippen LogP contribution is 2.43. The Balaban J connectivity index is 1.40. The van der Waals surface area contributed by atoms with Crippen LogP contribution in [-0.4, -0.2) is 70.3 Å². The maximum absolute atomic E-state index is 13.6. The van der Waals surface area contributed by atoms with Gasteiger partial charge in [0, 0.05) is 29.9 Å². The number of fused-ring (bicyclic) bond motifs is 2. The van der Waals surface area contributed by atoms with E-state index < -0.39 is 36.3 Å². The fourth-order valence-electron chi connectivity index (χ4n) is 6.17. The van der Waals surface area contributed by atoms with Gasteiger partial charge in [-0.05, 0) is 55.7 Å². The summed E-state index contributed by atoms with van der Waals surface area (Å²) in [6, 6.07) is 7.25. The van der Waals surface area contributed by atoms with E-state index in [9.17, 15) is 29.5 Å². The zero-order valence-corrected chi connectivity index (χ0v) is 19.8. The Labute approximate surface area is 208 Å². The van der Waals surface area contributed by atoms with Crippen molar-refractivity contribution in [3.63, 3.8) is 0 Å². The molecule has 5 atom stereocenters. The van der Waals surface area contributed by atoms with Gasteiger partial charge in [-0.15, -0.1) is 0 Å². The highest BCUT2D eigenvalue weighted by Gasteiger charge is 2.50. The number of benzene rings is 1. The van der Waals surface area contributed by atoms with Gasteiger partial charge in [-0.25, -0.2) is 0 Å². The van der Waals surface area contributed by atoms with Crippen LogP contribution >= 0.6 is 0 Å². The molecule has 10 nitrogen and oxygen atoms in total. The van der Waals surface area contributed by atoms with Gasteiger partial charge >= 0.3 is 0 Å². The number of aromatic amines is 1. The van der Waals surface area contributed by atoms with Gasteiger partial charge < -0.3 is 25.6 Å². The van der Waals surface area contributed by atoms with Crippen molar-refractivity contribution in [2.75, 3.05) is 19.7 Å². The van der Waals surface area contributed by atoms with Gasteiger partial charge in [-0.2, -0.15) is 5.26 Å². The second kappa shape index (κ2) is 9.74. The Morgan fingerprint density at radius 2 is 2.08 bits per heavy atom. The molecule has 2 saturated heterocycles. The topological polar surface area (TPSA) is 155 Å². The standard InChI is InChI=1S/C26H29N5O5/c27-11-15-3-2-6-19-18(15)10-21(29-19)26(36)31-12-16-4-1-5-17(16)23(31)25(35)30-20(22(33)13-32)9-14-7-8-28-24(14)34/h2-3,6,10,14,16-17,20,23,29,32H,1,4-5,7-9,12-13H2,(H,28,34)(H,30,35)/t14-,16-,17-,20-,23-/m0/s1. The van der Waals surface area contributed by atoms with Gasteiger partial charge in [0.15, 0.2) is 5.78 Å². The number of ketones is 1. The number of nitrogens with zero attached hydrogens (tertiary/aromatic N) is 2. The van der Waals surface area contributed by atoms with Gasteiger partial charge in [0.2, 0.25) is 11.8 Å². The van der Waals surface area contributed by atoms with Crippen molar-refractivity contribution in [1.82, 2.24) is 20.5 Å². The van der Waals surface area contributed by atoms with Crippen molar-refractivity contribution in [1.29, 1.82) is 5.26 Å². The molecule has 36 heavy (non-hydrogen) atoms. The SMILES string of the molecule is N#Cc1cccc2[nH]c(C(=O)N3C[C@@H]4CCC[C@@H]4[C@H]3C(=O)N[C@@H](C[C@@H]3CCNC3=O)C(=O)CO)cc12. The summed E-state index contributed by atoms with van der Waals surface area (Å²) in [6.07, 6.45) is 3.38. The fourth-order valence-corrected chi connectivity index (χ4v) is 6.17. The number of H-pyrrole nitrogens is 1. The number of hydrogen-bond acceptors (Lipinski definition) is 6. The number of aliphatic hydroxyl groups is 1. The number of carbonyl (C=O) groups is 4. The number of amides is 3. The summed E-state index contributed by atoms with van der Waals surface area (Å²) in [5.41, 5.74) is 1.43. The first-order valence-electron chi connectivity index (χ1n) is 12.5. The minimum absolute atomic E-state index is 0.0207. The predicted octanol–water partition coefficient (Wildman–Crippen LogP) is 0.853. The van der Waals surface area contributed by atoms with E-state index in [1.54, 1.807) is 29.2 Å². The third kappa shape index (κ3) is 4.24. The number of nitrogens with one attached hydrogen (secondary N) is 3. The molecule has 1 aromatic carbocycles. The van der Waals surface area contributed by atoms with Crippen LogP contribution in [0.4, 0.5) is 0 Å². The molecule has 5 rings (SSSR count). The highest BCUT2D eigenvalue weighted by molar-refractivity contribution is 6.02. The summed E-state index contributed by atoms with van der Waals surface area (Å²) in [5.74, 6) is -1.72. The monoisotopic (exact) mass is 491 g/mol. The van der Waals surface area contributed by atoms with Crippen LogP contribution in [0.25, 0.3) is 10.9 Å². The number of carbonyl (C=O) groups excluding carboxylic acids is 4. The third-order valence-corrected chi connectivity index (χ3v) is 7.98. The quantitative estimate of drug-likeness (QED) is 0.450. The molecule has 3 heterocycles. The fraction of sp³-hybridized carbons (Fsp3) is 0.500. The highest BCUT2D eigenvalue weighted by atomic mass is 16.3. The van der Waals surface area contributed by atoms with E-state index in [2.05, 4.69) is 21.7 Å². The molecule has 0 bridgehead atoms. The lowest BCUT2D eigenvalue weighted by molar-refractivity contribution is -0.133. The minimum atomic E-state index is -1.000. The Morgan fingerprint density at radius 3 is 2.81 bits per heavy atom. The van der Waals surface area contributed by atoms with Crippen LogP contribution in [-0.2, 0) is 14.4 Å². The number of aliphatic hydroxyl groups excluding tert-OH is 1. The molecule has 3 fully saturated rings. The second-order valence-corrected chi connectivity index (χ2v) is 10.0. The van der Waals surface area contributed by atoms with E-state index >= 15 is 0 Å². The molecular formula is C26H29N5O5. The Hall–Kier alpha value is -3.71. The Bertz CT molecular complexity index is 1260. The maximum Gasteiger partial charge on any atom is 0.271 e. The van der Waals surface area contributed by atoms with Gasteiger partial charge in [0.25, 0.3) is 5.91 Å². The molecule has 3 amide bonds. The van der Waals surface area contributed by atoms with Gasteiger partial charge in [-0.1, -0.05) is 12.5 Å². The van der Waals surface area contributed by atoms with Crippen molar-refractivity contribution in [2.45, 2.75) is 44.2 Å². The lowest BCUT2D eigenvalue weighted by Gasteiger charge is -2.29. The summed E-state index contributed by atoms with van der Waals surface area (Å²) in [4.78, 5) is 56.4. The molecule has 0 unspecified atom stereocenters. The van der Waals surface area contributed by atoms with E-state index in [-0.39, 0.29) is 30.1 Å². The number of rotatable bonds is 7. The number of hydrogen-bond donors (Lipinski definition) is 4. The van der Waals surface area contributed by atoms with Crippen LogP contribution < -0.4 is 10.6 Å². The molecule has 1 aromatic heterocycles. The molecule has 1 aliphatic carbocycles. The molecule has 0 radical (unpaired) electrons. The normalized spacial score (nSPS) is 25.9. The molecule has 4 N–H and O–H groups in total. The molecular weight excluding hydrogens is 462 g/mol.